The molecule has 5 rings (SSSR count). The second kappa shape index (κ2) is 15.7. The maximum absolute atomic E-state index is 13.6. The van der Waals surface area contributed by atoms with Crippen LogP contribution in [0.5, 0.6) is 0 Å². The third kappa shape index (κ3) is 8.89. The lowest BCUT2D eigenvalue weighted by Gasteiger charge is -2.30. The lowest BCUT2D eigenvalue weighted by atomic mass is 9.89. The Hall–Kier alpha value is -4.64. The first kappa shape index (κ1) is 35.7. The summed E-state index contributed by atoms with van der Waals surface area (Å²) in [6.45, 7) is 3.93. The van der Waals surface area contributed by atoms with Gasteiger partial charge in [0.25, 0.3) is 11.8 Å². The molecule has 0 radical (unpaired) electrons. The van der Waals surface area contributed by atoms with Crippen LogP contribution in [-0.4, -0.2) is 61.4 Å². The second-order valence-electron chi connectivity index (χ2n) is 12.4. The predicted octanol–water partition coefficient (Wildman–Crippen LogP) is 7.25. The predicted molar refractivity (Wildman–Crippen MR) is 187 cm³/mol. The smallest absolute Gasteiger partial charge is 0.372 e. The number of rotatable bonds is 10. The number of nitrogens with zero attached hydrogens (tertiary/aromatic N) is 3. The Morgan fingerprint density at radius 3 is 2.45 bits per heavy atom. The minimum atomic E-state index is -4.48. The van der Waals surface area contributed by atoms with Crippen LogP contribution in [0.2, 0.25) is 0 Å². The molecule has 2 N–H and O–H groups in total. The van der Waals surface area contributed by atoms with E-state index in [2.05, 4.69) is 20.5 Å². The Kier molecular flexibility index (Phi) is 11.4. The molecule has 2 unspecified atom stereocenters. The van der Waals surface area contributed by atoms with Gasteiger partial charge in [-0.1, -0.05) is 25.1 Å². The number of nitrogens with one attached hydrogen (secondary N) is 2. The van der Waals surface area contributed by atoms with E-state index in [1.807, 2.05) is 25.1 Å². The molecule has 0 aromatic heterocycles. The summed E-state index contributed by atoms with van der Waals surface area (Å²) < 4.78 is 39.6. The molecule has 1 fully saturated rings. The molecule has 258 valence electrons. The molecule has 0 saturated carbocycles. The first-order chi connectivity index (χ1) is 23.4. The summed E-state index contributed by atoms with van der Waals surface area (Å²) in [6, 6.07) is 17.0. The molecule has 49 heavy (non-hydrogen) atoms. The number of carbonyl (C=O) groups excluding carboxylic acids is 3. The van der Waals surface area contributed by atoms with Crippen molar-refractivity contribution in [3.05, 3.63) is 101 Å². The summed E-state index contributed by atoms with van der Waals surface area (Å²) in [5, 5.41) is 5.77. The fraction of sp³-hybridized carbons (Fsp3) is 0.351. The van der Waals surface area contributed by atoms with Gasteiger partial charge in [0.05, 0.1) is 22.9 Å². The minimum absolute atomic E-state index is 0.0682. The van der Waals surface area contributed by atoms with Crippen molar-refractivity contribution >= 4 is 52.6 Å². The molecule has 0 spiro atoms. The van der Waals surface area contributed by atoms with Crippen molar-refractivity contribution in [3.8, 4) is 0 Å². The number of anilines is 2. The third-order valence-electron chi connectivity index (χ3n) is 8.76. The van der Waals surface area contributed by atoms with Crippen LogP contribution in [0.15, 0.2) is 77.8 Å². The average molecular weight is 694 g/mol. The van der Waals surface area contributed by atoms with Crippen LogP contribution in [0, 0.1) is 11.8 Å². The van der Waals surface area contributed by atoms with Gasteiger partial charge in [0, 0.05) is 73.6 Å². The number of aliphatic imine (C=N–C) groups is 1. The van der Waals surface area contributed by atoms with E-state index < -0.39 is 23.6 Å². The zero-order valence-electron chi connectivity index (χ0n) is 27.4. The minimum Gasteiger partial charge on any atom is -0.372 e. The van der Waals surface area contributed by atoms with Gasteiger partial charge in [-0.2, -0.15) is 13.2 Å². The Balaban J connectivity index is 1.41. The lowest BCUT2D eigenvalue weighted by Crippen LogP contribution is -2.34. The summed E-state index contributed by atoms with van der Waals surface area (Å²) in [5.74, 6) is -1.69. The molecule has 0 bridgehead atoms. The number of alkyl halides is 4. The van der Waals surface area contributed by atoms with Crippen LogP contribution in [0.25, 0.3) is 5.70 Å². The van der Waals surface area contributed by atoms with Gasteiger partial charge in [-0.15, -0.1) is 11.6 Å². The van der Waals surface area contributed by atoms with Crippen molar-refractivity contribution in [2.75, 3.05) is 42.8 Å². The highest BCUT2D eigenvalue weighted by molar-refractivity contribution is 6.18. The van der Waals surface area contributed by atoms with Crippen LogP contribution in [0.4, 0.5) is 24.5 Å². The van der Waals surface area contributed by atoms with E-state index in [1.165, 1.54) is 23.1 Å². The summed E-state index contributed by atoms with van der Waals surface area (Å²) in [7, 11) is 1.64. The van der Waals surface area contributed by atoms with E-state index in [9.17, 15) is 27.6 Å². The van der Waals surface area contributed by atoms with Gasteiger partial charge in [0.1, 0.15) is 0 Å². The first-order valence-corrected chi connectivity index (χ1v) is 16.8. The van der Waals surface area contributed by atoms with E-state index in [0.29, 0.717) is 34.6 Å². The highest BCUT2D eigenvalue weighted by Gasteiger charge is 2.31. The topological polar surface area (TPSA) is 94.1 Å². The van der Waals surface area contributed by atoms with E-state index in [4.69, 9.17) is 11.6 Å². The van der Waals surface area contributed by atoms with Gasteiger partial charge < -0.3 is 20.4 Å². The number of halogens is 4. The average Bonchev–Trinajstić information content (AvgIpc) is 3.11. The number of amides is 3. The van der Waals surface area contributed by atoms with Crippen molar-refractivity contribution in [2.24, 2.45) is 16.8 Å². The van der Waals surface area contributed by atoms with Crippen molar-refractivity contribution < 1.29 is 27.6 Å². The Morgan fingerprint density at radius 1 is 0.980 bits per heavy atom. The summed E-state index contributed by atoms with van der Waals surface area (Å²) in [6.07, 6.45) is 2.22. The quantitative estimate of drug-likeness (QED) is 0.219. The molecule has 8 nitrogen and oxygen atoms in total. The maximum atomic E-state index is 13.6. The molecule has 2 aliphatic heterocycles. The number of carbonyl (C=O) groups is 3. The lowest BCUT2D eigenvalue weighted by molar-refractivity contribution is -0.137. The van der Waals surface area contributed by atoms with Crippen molar-refractivity contribution in [3.63, 3.8) is 0 Å². The molecule has 3 aromatic carbocycles. The number of hydrogen-bond acceptors (Lipinski definition) is 5. The molecule has 2 heterocycles. The summed E-state index contributed by atoms with van der Waals surface area (Å²) in [5.41, 5.74) is 2.74. The van der Waals surface area contributed by atoms with E-state index in [0.717, 1.165) is 50.2 Å². The van der Waals surface area contributed by atoms with Gasteiger partial charge >= 0.3 is 6.18 Å². The highest BCUT2D eigenvalue weighted by Crippen LogP contribution is 2.35. The molecule has 0 aliphatic carbocycles. The zero-order valence-corrected chi connectivity index (χ0v) is 28.2. The highest BCUT2D eigenvalue weighted by atomic mass is 35.5. The normalized spacial score (nSPS) is 17.7. The Bertz CT molecular complexity index is 1750. The van der Waals surface area contributed by atoms with Crippen LogP contribution >= 0.6 is 11.6 Å². The summed E-state index contributed by atoms with van der Waals surface area (Å²) >= 11 is 5.80. The number of hydrogen-bond donors (Lipinski definition) is 2. The Morgan fingerprint density at radius 2 is 1.71 bits per heavy atom. The van der Waals surface area contributed by atoms with Crippen LogP contribution in [0.3, 0.4) is 0 Å². The van der Waals surface area contributed by atoms with Gasteiger partial charge in [-0.05, 0) is 79.4 Å². The Labute approximate surface area is 289 Å². The fourth-order valence-electron chi connectivity index (χ4n) is 5.93. The SMILES string of the molecule is CC1C=NC(c2cc(N3CCCCC3)ccc2NC(=O)c2cccc(C(=O)N(C)CCCl)c2)=CC1C(=O)NCc1cccc(C(F)(F)F)c1. The number of benzene rings is 3. The van der Waals surface area contributed by atoms with Crippen molar-refractivity contribution in [1.82, 2.24) is 10.2 Å². The van der Waals surface area contributed by atoms with E-state index in [-0.39, 0.29) is 35.7 Å². The molecule has 2 aliphatic rings. The molecular formula is C37H39ClF3N5O3. The van der Waals surface area contributed by atoms with Gasteiger partial charge in [-0.3, -0.25) is 19.4 Å². The van der Waals surface area contributed by atoms with E-state index >= 15 is 0 Å². The molecule has 2 atom stereocenters. The molecule has 1 saturated heterocycles. The number of piperidine rings is 1. The third-order valence-corrected chi connectivity index (χ3v) is 8.93. The molecule has 3 aromatic rings. The maximum Gasteiger partial charge on any atom is 0.416 e. The van der Waals surface area contributed by atoms with Gasteiger partial charge in [-0.25, -0.2) is 0 Å². The van der Waals surface area contributed by atoms with Crippen LogP contribution in [0.1, 0.15) is 63.6 Å². The van der Waals surface area contributed by atoms with Gasteiger partial charge in [0.15, 0.2) is 0 Å². The fourth-order valence-corrected chi connectivity index (χ4v) is 6.19. The van der Waals surface area contributed by atoms with E-state index in [1.54, 1.807) is 37.5 Å². The molecular weight excluding hydrogens is 655 g/mol. The zero-order chi connectivity index (χ0) is 35.1. The molecule has 3 amide bonds. The van der Waals surface area contributed by atoms with Gasteiger partial charge in [0.2, 0.25) is 5.91 Å². The molecule has 12 heteroatoms. The standard InChI is InChI=1S/C37H39ClF3N5O3/c1-24-22-42-33(21-30(24)35(48)43-23-25-8-6-11-28(18-25)37(39,40)41)31-20-29(46-15-4-3-5-16-46)12-13-32(31)44-34(47)26-9-7-10-27(19-26)36(49)45(2)17-14-38/h6-13,18-22,24,30H,3-5,14-17,23H2,1-2H3,(H,43,48)(H,44,47). The van der Waals surface area contributed by atoms with Crippen LogP contribution < -0.4 is 15.5 Å². The van der Waals surface area contributed by atoms with Crippen molar-refractivity contribution in [1.29, 1.82) is 0 Å². The van der Waals surface area contributed by atoms with Crippen molar-refractivity contribution in [2.45, 2.75) is 38.9 Å². The largest absolute Gasteiger partial charge is 0.416 e. The first-order valence-electron chi connectivity index (χ1n) is 16.3. The van der Waals surface area contributed by atoms with Crippen LogP contribution in [-0.2, 0) is 17.5 Å². The summed E-state index contributed by atoms with van der Waals surface area (Å²) in [4.78, 5) is 48.3. The second-order valence-corrected chi connectivity index (χ2v) is 12.7. The monoisotopic (exact) mass is 693 g/mol.